The third-order valence-electron chi connectivity index (χ3n) is 29.7. The first-order chi connectivity index (χ1) is 71.4. The average Bonchev–Trinajstić information content (AvgIpc) is 1.54. The van der Waals surface area contributed by atoms with Crippen LogP contribution in [0, 0.1) is 0 Å². The van der Waals surface area contributed by atoms with Gasteiger partial charge in [0.05, 0.1) is 67.2 Å². The van der Waals surface area contributed by atoms with Gasteiger partial charge in [0.25, 0.3) is 0 Å². The van der Waals surface area contributed by atoms with Crippen LogP contribution in [0.25, 0.3) is 214 Å². The number of anilines is 9. The lowest BCUT2D eigenvalue weighted by Gasteiger charge is -2.34. The quantitative estimate of drug-likeness (QED) is 0.0856. The van der Waals surface area contributed by atoms with Crippen LogP contribution in [0.15, 0.2) is 546 Å². The molecule has 6 heteroatoms. The Hall–Kier alpha value is -19.1. The molecule has 6 nitrogen and oxygen atoms in total. The van der Waals surface area contributed by atoms with Gasteiger partial charge in [-0.2, -0.15) is 0 Å². The van der Waals surface area contributed by atoms with E-state index in [4.69, 9.17) is 0 Å². The first-order valence-corrected chi connectivity index (χ1v) is 49.6. The highest BCUT2D eigenvalue weighted by atomic mass is 15.2. The van der Waals surface area contributed by atoms with Gasteiger partial charge < -0.3 is 28.4 Å². The molecule has 3 heterocycles. The van der Waals surface area contributed by atoms with Crippen LogP contribution in [-0.2, 0) is 0 Å². The second-order valence-electron chi connectivity index (χ2n) is 37.8. The van der Waals surface area contributed by atoms with Crippen molar-refractivity contribution in [2.24, 2.45) is 0 Å². The zero-order chi connectivity index (χ0) is 94.8. The monoisotopic (exact) mass is 1830 g/mol. The smallest absolute Gasteiger partial charge is 0.0542 e. The van der Waals surface area contributed by atoms with Crippen molar-refractivity contribution in [2.45, 2.75) is 0 Å². The zero-order valence-corrected chi connectivity index (χ0v) is 78.6. The van der Waals surface area contributed by atoms with Gasteiger partial charge in [-0.05, 0) is 279 Å². The molecule has 25 aromatic carbocycles. The summed E-state index contributed by atoms with van der Waals surface area (Å²) in [5.41, 5.74) is 32.5. The molecule has 672 valence electrons. The molecule has 0 saturated heterocycles. The molecule has 28 aromatic rings. The Morgan fingerprint density at radius 2 is 0.319 bits per heavy atom. The summed E-state index contributed by atoms with van der Waals surface area (Å²) in [6, 6.07) is 204. The molecule has 144 heavy (non-hydrogen) atoms. The standard InChI is InChI=1S/C138H90N6/c1-4-28-91(29-5-1)94-58-67-106(68-59-94)142-133-76-64-103(118-52-22-40-97-34-10-16-46-115(97)118)82-124(133)127-88-109(73-79-136(127)142)139(130-55-25-43-100-37-13-19-49-121(100)130)112-85-113(140(131-56-26-44-101-38-14-20-50-122(101)131)110-74-80-137-128(89-110)125-83-104(119-53-23-41-98-35-11-17-47-116(98)119)65-77-134(125)143(137)107-69-60-95(61-70-107)92-30-6-2-7-31-92)87-114(86-112)141(132-57-27-45-102-39-15-21-51-123(102)132)111-75-81-138-129(90-111)126-84-105(120-54-24-42-99-36-12-18-48-117(99)120)66-78-135(126)144(138)108-71-62-96(63-72-108)93-32-8-3-9-33-93/h1-90H. The van der Waals surface area contributed by atoms with Gasteiger partial charge in [-0.25, -0.2) is 0 Å². The van der Waals surface area contributed by atoms with E-state index in [9.17, 15) is 0 Å². The number of fused-ring (bicyclic) bond motifs is 15. The van der Waals surface area contributed by atoms with Crippen molar-refractivity contribution in [1.82, 2.24) is 13.7 Å². The fourth-order valence-corrected chi connectivity index (χ4v) is 23.0. The van der Waals surface area contributed by atoms with Crippen LogP contribution in [-0.4, -0.2) is 13.7 Å². The zero-order valence-electron chi connectivity index (χ0n) is 78.6. The van der Waals surface area contributed by atoms with Crippen LogP contribution in [0.2, 0.25) is 0 Å². The van der Waals surface area contributed by atoms with Crippen LogP contribution in [0.3, 0.4) is 0 Å². The summed E-state index contributed by atoms with van der Waals surface area (Å²) in [5.74, 6) is 0. The molecule has 0 amide bonds. The predicted octanol–water partition coefficient (Wildman–Crippen LogP) is 38.3. The molecule has 0 aliphatic heterocycles. The molecule has 0 bridgehead atoms. The normalized spacial score (nSPS) is 11.8. The van der Waals surface area contributed by atoms with E-state index in [1.807, 2.05) is 0 Å². The molecule has 0 radical (unpaired) electrons. The Morgan fingerprint density at radius 3 is 0.590 bits per heavy atom. The summed E-state index contributed by atoms with van der Waals surface area (Å²) in [6.45, 7) is 0. The SMILES string of the molecule is c1ccc(-c2ccc(-n3c4ccc(-c5cccc6ccccc56)cc4c4cc(N(c5cc(N(c6ccc7c(c6)c6cc(-c8cccc9ccccc89)ccc6n7-c6ccc(-c7ccccc7)cc6)c6cccc7ccccc67)cc(N(c6ccc7c(c6)c6cc(-c8cccc9ccccc89)ccc6n7-c6ccc(-c7ccccc7)cc6)c6cccc7ccccc67)c5)c5cccc6ccccc56)ccc43)cc2)cc1. The topological polar surface area (TPSA) is 24.5 Å². The van der Waals surface area contributed by atoms with Crippen molar-refractivity contribution in [3.8, 4) is 83.8 Å². The van der Waals surface area contributed by atoms with Gasteiger partial charge >= 0.3 is 0 Å². The van der Waals surface area contributed by atoms with Gasteiger partial charge in [0, 0.05) is 82.6 Å². The van der Waals surface area contributed by atoms with Crippen molar-refractivity contribution in [3.63, 3.8) is 0 Å². The number of hydrogen-bond acceptors (Lipinski definition) is 3. The van der Waals surface area contributed by atoms with E-state index in [0.717, 1.165) is 199 Å². The van der Waals surface area contributed by atoms with Gasteiger partial charge in [-0.1, -0.05) is 382 Å². The minimum Gasteiger partial charge on any atom is -0.310 e. The van der Waals surface area contributed by atoms with Gasteiger partial charge in [0.2, 0.25) is 0 Å². The molecule has 0 aliphatic carbocycles. The Balaban J connectivity index is 0.738. The van der Waals surface area contributed by atoms with Crippen molar-refractivity contribution >= 4 is 181 Å². The molecule has 0 unspecified atom stereocenters. The summed E-state index contributed by atoms with van der Waals surface area (Å²) in [4.78, 5) is 7.69. The summed E-state index contributed by atoms with van der Waals surface area (Å²) >= 11 is 0. The number of nitrogens with zero attached hydrogens (tertiary/aromatic N) is 6. The largest absolute Gasteiger partial charge is 0.310 e. The van der Waals surface area contributed by atoms with E-state index >= 15 is 0 Å². The van der Waals surface area contributed by atoms with Crippen LogP contribution in [0.5, 0.6) is 0 Å². The maximum absolute atomic E-state index is 2.56. The molecule has 0 saturated carbocycles. The van der Waals surface area contributed by atoms with Crippen LogP contribution in [0.4, 0.5) is 51.2 Å². The average molecular weight is 1830 g/mol. The first-order valence-electron chi connectivity index (χ1n) is 49.6. The summed E-state index contributed by atoms with van der Waals surface area (Å²) in [7, 11) is 0. The minimum atomic E-state index is 0.929. The summed E-state index contributed by atoms with van der Waals surface area (Å²) < 4.78 is 7.42. The molecule has 0 atom stereocenters. The lowest BCUT2D eigenvalue weighted by molar-refractivity contribution is 1.18. The highest BCUT2D eigenvalue weighted by Crippen LogP contribution is 2.54. The van der Waals surface area contributed by atoms with Gasteiger partial charge in [-0.15, -0.1) is 0 Å². The Bertz CT molecular complexity index is 9020. The lowest BCUT2D eigenvalue weighted by Crippen LogP contribution is -2.17. The minimum absolute atomic E-state index is 0.929. The fraction of sp³-hybridized carbons (Fsp3) is 0. The summed E-state index contributed by atoms with van der Waals surface area (Å²) in [6.07, 6.45) is 0. The molecule has 3 aromatic heterocycles. The van der Waals surface area contributed by atoms with Crippen LogP contribution >= 0.6 is 0 Å². The third-order valence-corrected chi connectivity index (χ3v) is 29.7. The first kappa shape index (κ1) is 83.1. The second-order valence-corrected chi connectivity index (χ2v) is 37.8. The lowest BCUT2D eigenvalue weighted by atomic mass is 9.97. The maximum Gasteiger partial charge on any atom is 0.0542 e. The molecular weight excluding hydrogens is 1740 g/mol. The van der Waals surface area contributed by atoms with Crippen molar-refractivity contribution in [1.29, 1.82) is 0 Å². The highest BCUT2D eigenvalue weighted by Gasteiger charge is 2.30. The second kappa shape index (κ2) is 34.5. The Kier molecular flexibility index (Phi) is 19.9. The fourth-order valence-electron chi connectivity index (χ4n) is 23.0. The molecular formula is C138H90N6. The van der Waals surface area contributed by atoms with E-state index in [-0.39, 0.29) is 0 Å². The van der Waals surface area contributed by atoms with Crippen molar-refractivity contribution < 1.29 is 0 Å². The molecule has 28 rings (SSSR count). The van der Waals surface area contributed by atoms with Gasteiger partial charge in [0.1, 0.15) is 0 Å². The predicted molar refractivity (Wildman–Crippen MR) is 611 cm³/mol. The van der Waals surface area contributed by atoms with Crippen molar-refractivity contribution in [3.05, 3.63) is 546 Å². The van der Waals surface area contributed by atoms with E-state index < -0.39 is 0 Å². The Morgan fingerprint density at radius 1 is 0.118 bits per heavy atom. The number of rotatable bonds is 18. The number of aromatic nitrogens is 3. The Labute approximate surface area is 833 Å². The molecule has 0 fully saturated rings. The highest BCUT2D eigenvalue weighted by molar-refractivity contribution is 6.18. The maximum atomic E-state index is 2.56. The molecule has 0 N–H and O–H groups in total. The van der Waals surface area contributed by atoms with E-state index in [0.29, 0.717) is 0 Å². The third kappa shape index (κ3) is 14.2. The van der Waals surface area contributed by atoms with Crippen molar-refractivity contribution in [2.75, 3.05) is 14.7 Å². The number of benzene rings is 25. The van der Waals surface area contributed by atoms with E-state index in [1.165, 1.54) is 65.7 Å². The van der Waals surface area contributed by atoms with Crippen LogP contribution < -0.4 is 14.7 Å². The van der Waals surface area contributed by atoms with E-state index in [2.05, 4.69) is 574 Å². The molecule has 0 aliphatic rings. The summed E-state index contributed by atoms with van der Waals surface area (Å²) in [5, 5.41) is 20.6. The molecule has 0 spiro atoms. The van der Waals surface area contributed by atoms with Gasteiger partial charge in [0.15, 0.2) is 0 Å². The number of hydrogen-bond donors (Lipinski definition) is 0. The van der Waals surface area contributed by atoms with Gasteiger partial charge in [-0.3, -0.25) is 0 Å². The van der Waals surface area contributed by atoms with Crippen LogP contribution in [0.1, 0.15) is 0 Å². The van der Waals surface area contributed by atoms with E-state index in [1.54, 1.807) is 0 Å².